The Morgan fingerprint density at radius 1 is 0.925 bits per heavy atom. The van der Waals surface area contributed by atoms with Crippen LogP contribution in [-0.2, 0) is 39.8 Å². The van der Waals surface area contributed by atoms with Gasteiger partial charge in [0.05, 0.1) is 39.5 Å². The number of unbranched alkanes of at least 4 members (excludes halogenated alkanes) is 9. The molecule has 2 N–H and O–H groups in total. The molecule has 302 valence electrons. The predicted octanol–water partition coefficient (Wildman–Crippen LogP) is 8.11. The SMILES string of the molecule is CCCCCCCC1(CCCCCC/C=C/[C@H](C(=O)N[C@@H](Cc2ccc(OCCCC)cc2)C(=O)OC)[C@@](O)(CCF)C(=O)OC(C)(C)C)OCCO1. The number of rotatable bonds is 27. The molecule has 1 fully saturated rings. The van der Waals surface area contributed by atoms with Crippen molar-refractivity contribution < 1.29 is 47.6 Å². The van der Waals surface area contributed by atoms with Gasteiger partial charge in [-0.15, -0.1) is 0 Å². The zero-order chi connectivity index (χ0) is 39.2. The average Bonchev–Trinajstić information content (AvgIpc) is 3.59. The number of amides is 1. The molecule has 0 spiro atoms. The minimum absolute atomic E-state index is 0.0777. The molecule has 1 aromatic rings. The fourth-order valence-corrected chi connectivity index (χ4v) is 6.40. The van der Waals surface area contributed by atoms with E-state index in [4.69, 9.17) is 23.7 Å². The second-order valence-electron chi connectivity index (χ2n) is 15.1. The van der Waals surface area contributed by atoms with Crippen LogP contribution in [0.1, 0.15) is 136 Å². The van der Waals surface area contributed by atoms with E-state index < -0.39 is 59.9 Å². The number of hydrogen-bond donors (Lipinski definition) is 2. The number of aliphatic hydroxyl groups is 1. The Kier molecular flexibility index (Phi) is 21.2. The Labute approximate surface area is 317 Å². The molecule has 10 nitrogen and oxygen atoms in total. The van der Waals surface area contributed by atoms with Crippen LogP contribution < -0.4 is 10.1 Å². The van der Waals surface area contributed by atoms with E-state index in [1.54, 1.807) is 51.1 Å². The lowest BCUT2D eigenvalue weighted by Gasteiger charge is -2.34. The molecular weight excluding hydrogens is 681 g/mol. The monoisotopic (exact) mass is 749 g/mol. The van der Waals surface area contributed by atoms with Crippen LogP contribution >= 0.6 is 0 Å². The minimum Gasteiger partial charge on any atom is -0.494 e. The highest BCUT2D eigenvalue weighted by atomic mass is 19.1. The van der Waals surface area contributed by atoms with Crippen molar-refractivity contribution in [2.45, 2.75) is 160 Å². The van der Waals surface area contributed by atoms with Crippen LogP contribution in [0.15, 0.2) is 36.4 Å². The summed E-state index contributed by atoms with van der Waals surface area (Å²) in [5, 5.41) is 14.4. The molecule has 0 bridgehead atoms. The largest absolute Gasteiger partial charge is 0.494 e. The number of carbonyl (C=O) groups excluding carboxylic acids is 3. The second kappa shape index (κ2) is 24.4. The molecule has 53 heavy (non-hydrogen) atoms. The van der Waals surface area contributed by atoms with Crippen molar-refractivity contribution in [2.75, 3.05) is 33.6 Å². The van der Waals surface area contributed by atoms with Gasteiger partial charge in [-0.25, -0.2) is 9.59 Å². The molecule has 3 atom stereocenters. The zero-order valence-corrected chi connectivity index (χ0v) is 33.4. The summed E-state index contributed by atoms with van der Waals surface area (Å²) in [4.78, 5) is 40.2. The lowest BCUT2D eigenvalue weighted by atomic mass is 9.82. The van der Waals surface area contributed by atoms with Gasteiger partial charge >= 0.3 is 11.9 Å². The summed E-state index contributed by atoms with van der Waals surface area (Å²) in [6.45, 7) is 9.95. The maximum absolute atomic E-state index is 14.0. The van der Waals surface area contributed by atoms with E-state index in [0.717, 1.165) is 63.4 Å². The molecule has 2 rings (SSSR count). The minimum atomic E-state index is -2.52. The van der Waals surface area contributed by atoms with Crippen molar-refractivity contribution in [2.24, 2.45) is 5.92 Å². The van der Waals surface area contributed by atoms with E-state index in [-0.39, 0.29) is 6.42 Å². The molecule has 1 heterocycles. The van der Waals surface area contributed by atoms with Crippen molar-refractivity contribution >= 4 is 17.8 Å². The zero-order valence-electron chi connectivity index (χ0n) is 33.4. The maximum atomic E-state index is 14.0. The van der Waals surface area contributed by atoms with Crippen LogP contribution in [0.2, 0.25) is 0 Å². The predicted molar refractivity (Wildman–Crippen MR) is 204 cm³/mol. The first-order valence-electron chi connectivity index (χ1n) is 19.9. The molecule has 1 aliphatic heterocycles. The highest BCUT2D eigenvalue weighted by molar-refractivity contribution is 5.93. The lowest BCUT2D eigenvalue weighted by Crippen LogP contribution is -2.56. The molecule has 1 amide bonds. The van der Waals surface area contributed by atoms with Gasteiger partial charge < -0.3 is 34.1 Å². The molecule has 0 aromatic heterocycles. The highest BCUT2D eigenvalue weighted by Gasteiger charge is 2.49. The second-order valence-corrected chi connectivity index (χ2v) is 15.1. The van der Waals surface area contributed by atoms with E-state index in [2.05, 4.69) is 19.2 Å². The summed E-state index contributed by atoms with van der Waals surface area (Å²) in [5.41, 5.74) is -2.80. The van der Waals surface area contributed by atoms with Gasteiger partial charge in [-0.05, 0) is 70.6 Å². The third kappa shape index (κ3) is 16.9. The highest BCUT2D eigenvalue weighted by Crippen LogP contribution is 2.32. The Hall–Kier alpha value is -3.02. The standard InChI is InChI=1S/C42H68FNO9/c1-7-9-11-15-18-25-41(51-30-31-52-41)26-19-16-13-12-14-17-20-35(42(48,27-28-43)39(47)53-40(3,4)5)37(45)44-36(38(46)49-6)32-33-21-23-34(24-22-33)50-29-10-8-2/h17,20-24,35-36,48H,7-16,18-19,25-32H2,1-6H3,(H,44,45)/b20-17+/t35-,36+,42+/m1/s1. The van der Waals surface area contributed by atoms with Gasteiger partial charge in [0.2, 0.25) is 5.91 Å². The van der Waals surface area contributed by atoms with E-state index >= 15 is 0 Å². The fourth-order valence-electron chi connectivity index (χ4n) is 6.40. The van der Waals surface area contributed by atoms with Crippen molar-refractivity contribution in [1.82, 2.24) is 5.32 Å². The lowest BCUT2D eigenvalue weighted by molar-refractivity contribution is -0.184. The summed E-state index contributed by atoms with van der Waals surface area (Å²) in [5.74, 6) is -3.96. The van der Waals surface area contributed by atoms with Gasteiger partial charge in [0.25, 0.3) is 0 Å². The topological polar surface area (TPSA) is 130 Å². The molecule has 0 aliphatic carbocycles. The fraction of sp³-hybridized carbons (Fsp3) is 0.738. The normalized spacial score (nSPS) is 16.5. The number of alkyl halides is 1. The van der Waals surface area contributed by atoms with Crippen LogP contribution in [0.3, 0.4) is 0 Å². The van der Waals surface area contributed by atoms with Gasteiger partial charge in [-0.3, -0.25) is 9.18 Å². The molecule has 1 aliphatic rings. The van der Waals surface area contributed by atoms with Crippen LogP contribution in [-0.4, -0.2) is 79.6 Å². The van der Waals surface area contributed by atoms with Gasteiger partial charge in [-0.1, -0.05) is 83.1 Å². The van der Waals surface area contributed by atoms with Gasteiger partial charge in [0.15, 0.2) is 11.4 Å². The van der Waals surface area contributed by atoms with Crippen LogP contribution in [0.4, 0.5) is 4.39 Å². The van der Waals surface area contributed by atoms with Gasteiger partial charge in [0.1, 0.15) is 17.4 Å². The van der Waals surface area contributed by atoms with Crippen molar-refractivity contribution in [3.05, 3.63) is 42.0 Å². The van der Waals surface area contributed by atoms with Crippen LogP contribution in [0.25, 0.3) is 0 Å². The van der Waals surface area contributed by atoms with Crippen LogP contribution in [0, 0.1) is 5.92 Å². The van der Waals surface area contributed by atoms with Crippen LogP contribution in [0.5, 0.6) is 5.75 Å². The smallest absolute Gasteiger partial charge is 0.339 e. The summed E-state index contributed by atoms with van der Waals surface area (Å²) in [6.07, 6.45) is 16.5. The molecular formula is C42H68FNO9. The molecule has 1 saturated heterocycles. The quantitative estimate of drug-likeness (QED) is 0.0521. The number of nitrogens with one attached hydrogen (secondary N) is 1. The number of esters is 2. The molecule has 0 radical (unpaired) electrons. The third-order valence-corrected chi connectivity index (χ3v) is 9.44. The van der Waals surface area contributed by atoms with Crippen molar-refractivity contribution in [3.8, 4) is 5.75 Å². The molecule has 0 unspecified atom stereocenters. The van der Waals surface area contributed by atoms with E-state index in [1.807, 2.05) is 0 Å². The number of ether oxygens (including phenoxy) is 5. The maximum Gasteiger partial charge on any atom is 0.339 e. The summed E-state index contributed by atoms with van der Waals surface area (Å²) in [7, 11) is 1.21. The van der Waals surface area contributed by atoms with Gasteiger partial charge in [-0.2, -0.15) is 0 Å². The number of methoxy groups -OCH3 is 1. The molecule has 0 saturated carbocycles. The number of hydrogen-bond acceptors (Lipinski definition) is 9. The van der Waals surface area contributed by atoms with Crippen molar-refractivity contribution in [3.63, 3.8) is 0 Å². The first-order valence-corrected chi connectivity index (χ1v) is 19.9. The van der Waals surface area contributed by atoms with E-state index in [0.29, 0.717) is 32.0 Å². The molecule has 11 heteroatoms. The first-order chi connectivity index (χ1) is 25.3. The number of halogens is 1. The summed E-state index contributed by atoms with van der Waals surface area (Å²) >= 11 is 0. The Bertz CT molecular complexity index is 1230. The Morgan fingerprint density at radius 2 is 1.53 bits per heavy atom. The Morgan fingerprint density at radius 3 is 2.09 bits per heavy atom. The Balaban J connectivity index is 2.12. The summed E-state index contributed by atoms with van der Waals surface area (Å²) < 4.78 is 42.3. The number of carbonyl (C=O) groups is 3. The third-order valence-electron chi connectivity index (χ3n) is 9.44. The number of benzene rings is 1. The van der Waals surface area contributed by atoms with Crippen molar-refractivity contribution in [1.29, 1.82) is 0 Å². The van der Waals surface area contributed by atoms with Gasteiger partial charge in [0, 0.05) is 25.7 Å². The first kappa shape index (κ1) is 46.1. The average molecular weight is 750 g/mol. The van der Waals surface area contributed by atoms with E-state index in [1.165, 1.54) is 38.9 Å². The summed E-state index contributed by atoms with van der Waals surface area (Å²) in [6, 6.07) is 6.03. The molecule has 1 aromatic carbocycles. The number of allylic oxidation sites excluding steroid dienone is 1. The van der Waals surface area contributed by atoms with E-state index in [9.17, 15) is 23.9 Å².